The van der Waals surface area contributed by atoms with Crippen LogP contribution in [0.5, 0.6) is 0 Å². The molecule has 0 N–H and O–H groups in total. The van der Waals surface area contributed by atoms with Crippen molar-refractivity contribution in [2.24, 2.45) is 0 Å². The molecule has 5 aliphatic heterocycles. The second kappa shape index (κ2) is 7.57. The van der Waals surface area contributed by atoms with E-state index in [1.54, 1.807) is 53.0 Å². The third-order valence-corrected chi connectivity index (χ3v) is 11.6. The fourth-order valence-corrected chi connectivity index (χ4v) is 10.3. The van der Waals surface area contributed by atoms with Crippen molar-refractivity contribution >= 4 is 35.1 Å². The summed E-state index contributed by atoms with van der Waals surface area (Å²) in [6.07, 6.45) is 10.3. The number of anilines is 1. The molecule has 0 unspecified atom stereocenters. The first-order valence-electron chi connectivity index (χ1n) is 13.3. The molecule has 0 atom stereocenters. The zero-order valence-electron chi connectivity index (χ0n) is 19.8. The summed E-state index contributed by atoms with van der Waals surface area (Å²) in [6.45, 7) is 5.02. The third kappa shape index (κ3) is 2.77. The van der Waals surface area contributed by atoms with E-state index in [1.165, 1.54) is 88.7 Å². The van der Waals surface area contributed by atoms with Crippen LogP contribution in [0.4, 0.5) is 5.69 Å². The molecule has 0 saturated carbocycles. The first-order chi connectivity index (χ1) is 16.9. The number of fused-ring (bicyclic) bond motifs is 4. The molecule has 3 aromatic carbocycles. The van der Waals surface area contributed by atoms with Gasteiger partial charge in [-0.15, -0.1) is 0 Å². The Hall–Kier alpha value is -2.35. The van der Waals surface area contributed by atoms with Crippen LogP contribution in [0.15, 0.2) is 42.5 Å². The molecule has 0 radical (unpaired) electrons. The Labute approximate surface area is 208 Å². The maximum absolute atomic E-state index is 2.73. The van der Waals surface area contributed by atoms with Crippen LogP contribution < -0.4 is 29.0 Å². The topological polar surface area (TPSA) is 6.25 Å². The van der Waals surface area contributed by atoms with E-state index in [1.807, 2.05) is 0 Å². The zero-order chi connectivity index (χ0) is 22.2. The van der Waals surface area contributed by atoms with Crippen molar-refractivity contribution in [2.75, 3.05) is 31.1 Å². The van der Waals surface area contributed by atoms with E-state index in [4.69, 9.17) is 0 Å². The summed E-state index contributed by atoms with van der Waals surface area (Å²) in [4.78, 5) is 2.73. The van der Waals surface area contributed by atoms with Crippen molar-refractivity contribution in [3.8, 4) is 0 Å². The predicted octanol–water partition coefficient (Wildman–Crippen LogP) is 1.98. The minimum atomic E-state index is 0.387. The van der Waals surface area contributed by atoms with Gasteiger partial charge in [0.05, 0.1) is 0 Å². The Morgan fingerprint density at radius 2 is 1.50 bits per heavy atom. The molecule has 3 aromatic rings. The van der Waals surface area contributed by atoms with Gasteiger partial charge in [0.1, 0.15) is 0 Å². The first-order valence-corrected chi connectivity index (χ1v) is 15.1. The molecule has 0 aliphatic carbocycles. The van der Waals surface area contributed by atoms with Gasteiger partial charge in [0.15, 0.2) is 0 Å². The normalized spacial score (nSPS) is 19.8. The molecule has 5 heterocycles. The molecule has 8 rings (SSSR count). The van der Waals surface area contributed by atoms with Crippen LogP contribution in [-0.4, -0.2) is 41.1 Å². The van der Waals surface area contributed by atoms with E-state index in [0.29, 0.717) is 15.0 Å². The average Bonchev–Trinajstić information content (AvgIpc) is 2.89. The van der Waals surface area contributed by atoms with Gasteiger partial charge in [-0.3, -0.25) is 0 Å². The van der Waals surface area contributed by atoms with Crippen molar-refractivity contribution < 1.29 is 0 Å². The Morgan fingerprint density at radius 3 is 2.38 bits per heavy atom. The van der Waals surface area contributed by atoms with Gasteiger partial charge in [0.2, 0.25) is 0 Å². The zero-order valence-corrected chi connectivity index (χ0v) is 21.5. The number of hydrogen-bond donors (Lipinski definition) is 0. The molecule has 0 fully saturated rings. The van der Waals surface area contributed by atoms with Crippen LogP contribution in [0, 0.1) is 0 Å². The van der Waals surface area contributed by atoms with Crippen molar-refractivity contribution in [3.63, 3.8) is 0 Å². The molecule has 170 valence electrons. The molecule has 0 spiro atoms. The number of hydrogen-bond acceptors (Lipinski definition) is 1. The molecule has 0 bridgehead atoms. The summed E-state index contributed by atoms with van der Waals surface area (Å²) < 4.78 is 6.16. The van der Waals surface area contributed by atoms with Crippen LogP contribution in [0.1, 0.15) is 59.1 Å². The van der Waals surface area contributed by atoms with E-state index in [9.17, 15) is 0 Å². The quantitative estimate of drug-likeness (QED) is 0.281. The summed E-state index contributed by atoms with van der Waals surface area (Å²) in [5.74, 6) is 0. The summed E-state index contributed by atoms with van der Waals surface area (Å²) in [6, 6.07) is 16.6. The molecule has 0 amide bonds. The molecule has 0 saturated heterocycles. The van der Waals surface area contributed by atoms with E-state index in [-0.39, 0.29) is 0 Å². The monoisotopic (exact) mass is 511 g/mol. The standard InChI is InChI=1S/C31H31N2Se/c1-2-8-20(9-3-1)27-25-18-21-10-4-14-32-16-6-12-23(28(21)32)30(25)34-31-24-13-7-17-33-15-5-11-22(29(24)33)19-26(27)31/h1-3,8-9,18-19H,4-7,10-17H2/q+1. The van der Waals surface area contributed by atoms with E-state index >= 15 is 0 Å². The summed E-state index contributed by atoms with van der Waals surface area (Å²) in [5, 5.41) is 3.22. The maximum atomic E-state index is 2.73. The molecular weight excluding hydrogens is 479 g/mol. The molecule has 2 nitrogen and oxygen atoms in total. The Kier molecular flexibility index (Phi) is 4.43. The fraction of sp³-hybridized carbons (Fsp3) is 0.387. The average molecular weight is 511 g/mol. The van der Waals surface area contributed by atoms with Crippen molar-refractivity contribution in [1.82, 2.24) is 4.58 Å². The van der Waals surface area contributed by atoms with Gasteiger partial charge < -0.3 is 0 Å². The SMILES string of the molecule is c1ccc(C2=c3cc4c5c(c3[Se]c3c2cc2c6c3CCCN6CCC2)CCC[N+]=5CCC4)cc1. The molecule has 5 aliphatic rings. The van der Waals surface area contributed by atoms with Crippen LogP contribution in [0.2, 0.25) is 0 Å². The minimum absolute atomic E-state index is 0.387. The summed E-state index contributed by atoms with van der Waals surface area (Å²) in [7, 11) is 0. The number of benzene rings is 3. The van der Waals surface area contributed by atoms with Crippen LogP contribution in [-0.2, 0) is 25.7 Å². The van der Waals surface area contributed by atoms with Gasteiger partial charge >= 0.3 is 209 Å². The van der Waals surface area contributed by atoms with Gasteiger partial charge in [-0.1, -0.05) is 0 Å². The van der Waals surface area contributed by atoms with Gasteiger partial charge in [-0.25, -0.2) is 0 Å². The number of rotatable bonds is 1. The second-order valence-corrected chi connectivity index (χ2v) is 12.9. The van der Waals surface area contributed by atoms with Crippen LogP contribution in [0.25, 0.3) is 5.57 Å². The summed E-state index contributed by atoms with van der Waals surface area (Å²) >= 11 is 0.387. The second-order valence-electron chi connectivity index (χ2n) is 10.7. The van der Waals surface area contributed by atoms with Crippen molar-refractivity contribution in [1.29, 1.82) is 0 Å². The first kappa shape index (κ1) is 19.9. The van der Waals surface area contributed by atoms with Gasteiger partial charge in [-0.2, -0.15) is 0 Å². The summed E-state index contributed by atoms with van der Waals surface area (Å²) in [5.41, 5.74) is 12.8. The Bertz CT molecular complexity index is 1480. The van der Waals surface area contributed by atoms with E-state index in [0.717, 1.165) is 0 Å². The number of nitrogens with zero attached hydrogens (tertiary/aromatic N) is 2. The van der Waals surface area contributed by atoms with E-state index < -0.39 is 0 Å². The molecular formula is C31H31N2Se+. The Balaban J connectivity index is 1.52. The van der Waals surface area contributed by atoms with E-state index in [2.05, 4.69) is 51.9 Å². The fourth-order valence-electron chi connectivity index (χ4n) is 7.43. The molecule has 0 aromatic heterocycles. The Morgan fingerprint density at radius 1 is 0.735 bits per heavy atom. The molecule has 3 heteroatoms. The predicted molar refractivity (Wildman–Crippen MR) is 142 cm³/mol. The molecule has 34 heavy (non-hydrogen) atoms. The van der Waals surface area contributed by atoms with Crippen molar-refractivity contribution in [2.45, 2.75) is 51.4 Å². The van der Waals surface area contributed by atoms with Crippen LogP contribution in [0.3, 0.4) is 0 Å². The van der Waals surface area contributed by atoms with Gasteiger partial charge in [-0.05, 0) is 0 Å². The number of aryl methyl sites for hydroxylation is 2. The van der Waals surface area contributed by atoms with Crippen molar-refractivity contribution in [3.05, 3.63) is 86.4 Å². The van der Waals surface area contributed by atoms with Gasteiger partial charge in [0.25, 0.3) is 0 Å². The third-order valence-electron chi connectivity index (χ3n) is 8.75. The van der Waals surface area contributed by atoms with Crippen LogP contribution >= 0.6 is 0 Å². The van der Waals surface area contributed by atoms with Gasteiger partial charge in [0, 0.05) is 0 Å².